The van der Waals surface area contributed by atoms with Crippen LogP contribution in [-0.2, 0) is 4.79 Å². The molecule has 0 atom stereocenters. The molecule has 2 N–H and O–H groups in total. The van der Waals surface area contributed by atoms with Crippen LogP contribution in [0.1, 0.15) is 18.4 Å². The average molecular weight is 366 g/mol. The van der Waals surface area contributed by atoms with E-state index in [1.807, 2.05) is 32.2 Å². The molecule has 1 rings (SSSR count). The number of carbonyl (C=O) groups is 1. The van der Waals surface area contributed by atoms with E-state index in [4.69, 9.17) is 4.74 Å². The van der Waals surface area contributed by atoms with E-state index in [0.29, 0.717) is 19.6 Å². The first-order valence-electron chi connectivity index (χ1n) is 6.43. The molecule has 0 spiro atoms. The van der Waals surface area contributed by atoms with Crippen molar-refractivity contribution in [1.29, 1.82) is 0 Å². The molecule has 0 fully saturated rings. The van der Waals surface area contributed by atoms with Gasteiger partial charge in [-0.15, -0.1) is 12.4 Å². The third-order valence-corrected chi connectivity index (χ3v) is 3.22. The maximum atomic E-state index is 11.5. The van der Waals surface area contributed by atoms with Crippen LogP contribution in [0.4, 0.5) is 0 Å². The normalized spacial score (nSPS) is 9.75. The van der Waals surface area contributed by atoms with Crippen molar-refractivity contribution in [3.8, 4) is 5.75 Å². The largest absolute Gasteiger partial charge is 0.492 e. The highest BCUT2D eigenvalue weighted by atomic mass is 79.9. The number of amides is 1. The summed E-state index contributed by atoms with van der Waals surface area (Å²) >= 11 is 3.44. The first-order chi connectivity index (χ1) is 9.13. The molecule has 0 aliphatic heterocycles. The van der Waals surface area contributed by atoms with Crippen molar-refractivity contribution in [2.45, 2.75) is 19.8 Å². The lowest BCUT2D eigenvalue weighted by Gasteiger charge is -2.09. The van der Waals surface area contributed by atoms with Crippen LogP contribution >= 0.6 is 28.3 Å². The highest BCUT2D eigenvalue weighted by Gasteiger charge is 2.04. The Kier molecular flexibility index (Phi) is 10.5. The molecule has 0 radical (unpaired) electrons. The van der Waals surface area contributed by atoms with Crippen molar-refractivity contribution < 1.29 is 9.53 Å². The summed E-state index contributed by atoms with van der Waals surface area (Å²) in [4.78, 5) is 11.5. The van der Waals surface area contributed by atoms with Gasteiger partial charge in [-0.05, 0) is 60.6 Å². The molecule has 0 aromatic heterocycles. The van der Waals surface area contributed by atoms with Crippen LogP contribution in [0.25, 0.3) is 0 Å². The third-order valence-electron chi connectivity index (χ3n) is 2.60. The van der Waals surface area contributed by atoms with Gasteiger partial charge in [0.25, 0.3) is 0 Å². The number of halogens is 2. The molecule has 20 heavy (non-hydrogen) atoms. The second kappa shape index (κ2) is 10.9. The number of carbonyl (C=O) groups excluding carboxylic acids is 1. The minimum Gasteiger partial charge on any atom is -0.492 e. The van der Waals surface area contributed by atoms with Gasteiger partial charge in [-0.25, -0.2) is 0 Å². The number of nitrogens with one attached hydrogen (secondary N) is 2. The monoisotopic (exact) mass is 364 g/mol. The number of aryl methyl sites for hydroxylation is 1. The van der Waals surface area contributed by atoms with Crippen molar-refractivity contribution >= 4 is 34.2 Å². The summed E-state index contributed by atoms with van der Waals surface area (Å²) in [6.45, 7) is 4.02. The van der Waals surface area contributed by atoms with Crippen molar-refractivity contribution in [2.75, 3.05) is 26.7 Å². The Morgan fingerprint density at radius 2 is 2.10 bits per heavy atom. The topological polar surface area (TPSA) is 50.4 Å². The second-order valence-electron chi connectivity index (χ2n) is 4.34. The van der Waals surface area contributed by atoms with Crippen molar-refractivity contribution in [1.82, 2.24) is 10.6 Å². The minimum absolute atomic E-state index is 0. The van der Waals surface area contributed by atoms with Crippen LogP contribution < -0.4 is 15.4 Å². The fraction of sp³-hybridized carbons (Fsp3) is 0.500. The van der Waals surface area contributed by atoms with Crippen LogP contribution in [0.2, 0.25) is 0 Å². The molecule has 0 unspecified atom stereocenters. The van der Waals surface area contributed by atoms with E-state index in [1.165, 1.54) is 5.56 Å². The van der Waals surface area contributed by atoms with E-state index in [1.54, 1.807) is 0 Å². The predicted molar refractivity (Wildman–Crippen MR) is 87.8 cm³/mol. The van der Waals surface area contributed by atoms with Gasteiger partial charge >= 0.3 is 0 Å². The summed E-state index contributed by atoms with van der Waals surface area (Å²) in [5.74, 6) is 0.799. The Morgan fingerprint density at radius 1 is 1.35 bits per heavy atom. The van der Waals surface area contributed by atoms with Gasteiger partial charge in [-0.3, -0.25) is 4.79 Å². The number of benzene rings is 1. The highest BCUT2D eigenvalue weighted by Crippen LogP contribution is 2.25. The summed E-state index contributed by atoms with van der Waals surface area (Å²) in [5, 5.41) is 5.89. The molecule has 0 heterocycles. The summed E-state index contributed by atoms with van der Waals surface area (Å²) in [6, 6.07) is 5.88. The summed E-state index contributed by atoms with van der Waals surface area (Å²) < 4.78 is 6.49. The number of hydrogen-bond donors (Lipinski definition) is 2. The summed E-state index contributed by atoms with van der Waals surface area (Å²) in [5.41, 5.74) is 1.17. The average Bonchev–Trinajstić information content (AvgIpc) is 2.37. The van der Waals surface area contributed by atoms with Gasteiger partial charge in [0.1, 0.15) is 5.75 Å². The van der Waals surface area contributed by atoms with Crippen molar-refractivity contribution in [2.24, 2.45) is 0 Å². The highest BCUT2D eigenvalue weighted by molar-refractivity contribution is 9.10. The lowest BCUT2D eigenvalue weighted by atomic mass is 10.2. The molecule has 1 amide bonds. The smallest absolute Gasteiger partial charge is 0.223 e. The summed E-state index contributed by atoms with van der Waals surface area (Å²) in [6.07, 6.45) is 1.31. The lowest BCUT2D eigenvalue weighted by molar-refractivity contribution is -0.121. The molecule has 1 aromatic rings. The molecular weight excluding hydrogens is 344 g/mol. The molecule has 0 saturated heterocycles. The second-order valence-corrected chi connectivity index (χ2v) is 5.19. The maximum absolute atomic E-state index is 11.5. The van der Waals surface area contributed by atoms with E-state index in [2.05, 4.69) is 26.6 Å². The molecular formula is C14H22BrClN2O2. The van der Waals surface area contributed by atoms with Crippen LogP contribution in [0, 0.1) is 6.92 Å². The predicted octanol–water partition coefficient (Wildman–Crippen LogP) is 2.67. The SMILES string of the molecule is CNCCCNC(=O)CCOc1ccc(C)cc1Br.Cl. The zero-order chi connectivity index (χ0) is 14.1. The fourth-order valence-corrected chi connectivity index (χ4v) is 2.17. The molecule has 6 heteroatoms. The Balaban J connectivity index is 0.00000361. The van der Waals surface area contributed by atoms with Crippen LogP contribution in [0.15, 0.2) is 22.7 Å². The van der Waals surface area contributed by atoms with Crippen molar-refractivity contribution in [3.05, 3.63) is 28.2 Å². The van der Waals surface area contributed by atoms with Gasteiger partial charge in [0.05, 0.1) is 17.5 Å². The van der Waals surface area contributed by atoms with Crippen LogP contribution in [0.5, 0.6) is 5.75 Å². The minimum atomic E-state index is 0. The lowest BCUT2D eigenvalue weighted by Crippen LogP contribution is -2.27. The van der Waals surface area contributed by atoms with Gasteiger partial charge in [0, 0.05) is 6.54 Å². The zero-order valence-electron chi connectivity index (χ0n) is 11.9. The van der Waals surface area contributed by atoms with Gasteiger partial charge in [0.15, 0.2) is 0 Å². The molecule has 0 saturated carbocycles. The number of hydrogen-bond acceptors (Lipinski definition) is 3. The van der Waals surface area contributed by atoms with Crippen LogP contribution in [-0.4, -0.2) is 32.7 Å². The molecule has 4 nitrogen and oxygen atoms in total. The molecule has 0 aliphatic carbocycles. The first-order valence-corrected chi connectivity index (χ1v) is 7.23. The van der Waals surface area contributed by atoms with Crippen LogP contribution in [0.3, 0.4) is 0 Å². The van der Waals surface area contributed by atoms with Gasteiger partial charge < -0.3 is 15.4 Å². The maximum Gasteiger partial charge on any atom is 0.223 e. The van der Waals surface area contributed by atoms with E-state index in [0.717, 1.165) is 23.2 Å². The molecule has 0 bridgehead atoms. The quantitative estimate of drug-likeness (QED) is 0.696. The summed E-state index contributed by atoms with van der Waals surface area (Å²) in [7, 11) is 1.90. The van der Waals surface area contributed by atoms with Gasteiger partial charge in [0.2, 0.25) is 5.91 Å². The molecule has 0 aliphatic rings. The molecule has 114 valence electrons. The van der Waals surface area contributed by atoms with E-state index in [9.17, 15) is 4.79 Å². The van der Waals surface area contributed by atoms with Crippen molar-refractivity contribution in [3.63, 3.8) is 0 Å². The van der Waals surface area contributed by atoms with Gasteiger partial charge in [-0.2, -0.15) is 0 Å². The Hall–Kier alpha value is -0.780. The van der Waals surface area contributed by atoms with E-state index >= 15 is 0 Å². The third kappa shape index (κ3) is 7.72. The van der Waals surface area contributed by atoms with E-state index in [-0.39, 0.29) is 18.3 Å². The Morgan fingerprint density at radius 3 is 2.75 bits per heavy atom. The number of rotatable bonds is 8. The first kappa shape index (κ1) is 19.2. The molecule has 1 aromatic carbocycles. The Labute approximate surface area is 135 Å². The van der Waals surface area contributed by atoms with E-state index < -0.39 is 0 Å². The zero-order valence-corrected chi connectivity index (χ0v) is 14.3. The van der Waals surface area contributed by atoms with Gasteiger partial charge in [-0.1, -0.05) is 6.07 Å². The Bertz CT molecular complexity index is 416. The fourth-order valence-electron chi connectivity index (χ4n) is 1.56. The standard InChI is InChI=1S/C14H21BrN2O2.ClH/c1-11-4-5-13(12(15)10-11)19-9-6-14(18)17-8-3-7-16-2;/h4-5,10,16H,3,6-9H2,1-2H3,(H,17,18);1H. The number of ether oxygens (including phenoxy) is 1.